The normalized spacial score (nSPS) is 18.5. The summed E-state index contributed by atoms with van der Waals surface area (Å²) in [4.78, 5) is 36.2. The monoisotopic (exact) mass is 515 g/mol. The molecule has 0 radical (unpaired) electrons. The minimum atomic E-state index is -0.884. The van der Waals surface area contributed by atoms with Crippen LogP contribution >= 0.6 is 11.6 Å². The highest BCUT2D eigenvalue weighted by atomic mass is 35.5. The number of carbonyl (C=O) groups is 1. The molecule has 3 aromatic rings. The lowest BCUT2D eigenvalue weighted by atomic mass is 9.90. The van der Waals surface area contributed by atoms with Gasteiger partial charge in [0, 0.05) is 39.4 Å². The molecule has 194 valence electrons. The second-order valence-corrected chi connectivity index (χ2v) is 10.7. The standard InChI is InChI=1S/C25H34ClN7O3/c1-15-10-16(22(34)27-4)14-32(13-15)23-28-12-18(26)21(30-23)29-17-6-7-19-20(11-17)33(24(35)31(19)5)9-8-25(2,3)36/h6-7,11-12,15-16,36H,8-10,13-14H2,1-5H3,(H,27,34)(H,28,29,30)/t15-,16+/m0/s1. The van der Waals surface area contributed by atoms with E-state index < -0.39 is 5.60 Å². The molecular formula is C25H34ClN7O3. The summed E-state index contributed by atoms with van der Waals surface area (Å²) < 4.78 is 3.26. The zero-order chi connectivity index (χ0) is 26.2. The predicted molar refractivity (Wildman–Crippen MR) is 142 cm³/mol. The fraction of sp³-hybridized carbons (Fsp3) is 0.520. The minimum absolute atomic E-state index is 0.0191. The number of hydrogen-bond donors (Lipinski definition) is 3. The Balaban J connectivity index is 1.62. The van der Waals surface area contributed by atoms with Gasteiger partial charge in [-0.25, -0.2) is 9.78 Å². The highest BCUT2D eigenvalue weighted by Crippen LogP contribution is 2.30. The zero-order valence-electron chi connectivity index (χ0n) is 21.4. The Morgan fingerprint density at radius 1 is 1.28 bits per heavy atom. The van der Waals surface area contributed by atoms with E-state index in [0.717, 1.165) is 24.0 Å². The van der Waals surface area contributed by atoms with Gasteiger partial charge in [-0.2, -0.15) is 4.98 Å². The van der Waals surface area contributed by atoms with E-state index in [9.17, 15) is 14.7 Å². The number of hydrogen-bond acceptors (Lipinski definition) is 7. The first kappa shape index (κ1) is 26.0. The summed E-state index contributed by atoms with van der Waals surface area (Å²) in [6, 6.07) is 5.62. The number of carbonyl (C=O) groups excluding carboxylic acids is 1. The van der Waals surface area contributed by atoms with Crippen LogP contribution in [0.2, 0.25) is 5.02 Å². The van der Waals surface area contributed by atoms with Crippen molar-refractivity contribution < 1.29 is 9.90 Å². The van der Waals surface area contributed by atoms with Gasteiger partial charge in [-0.15, -0.1) is 0 Å². The van der Waals surface area contributed by atoms with Crippen LogP contribution < -0.4 is 21.2 Å². The van der Waals surface area contributed by atoms with E-state index >= 15 is 0 Å². The first-order valence-electron chi connectivity index (χ1n) is 12.1. The third-order valence-electron chi connectivity index (χ3n) is 6.65. The van der Waals surface area contributed by atoms with Gasteiger partial charge in [0.2, 0.25) is 11.9 Å². The molecule has 0 aliphatic carbocycles. The third kappa shape index (κ3) is 5.49. The number of nitrogens with one attached hydrogen (secondary N) is 2. The Morgan fingerprint density at radius 2 is 2.03 bits per heavy atom. The molecule has 1 aliphatic heterocycles. The minimum Gasteiger partial charge on any atom is -0.390 e. The molecule has 1 amide bonds. The maximum absolute atomic E-state index is 12.8. The number of anilines is 3. The number of aromatic nitrogens is 4. The molecule has 1 aromatic carbocycles. The number of nitrogens with zero attached hydrogens (tertiary/aromatic N) is 5. The van der Waals surface area contributed by atoms with Crippen molar-refractivity contribution in [3.63, 3.8) is 0 Å². The van der Waals surface area contributed by atoms with Crippen molar-refractivity contribution in [3.8, 4) is 0 Å². The largest absolute Gasteiger partial charge is 0.390 e. The SMILES string of the molecule is CNC(=O)[C@@H]1C[C@H](C)CN(c2ncc(Cl)c(Nc3ccc4c(c3)n(CCC(C)(C)O)c(=O)n4C)n2)C1. The fourth-order valence-electron chi connectivity index (χ4n) is 4.73. The van der Waals surface area contributed by atoms with Gasteiger partial charge >= 0.3 is 5.69 Å². The van der Waals surface area contributed by atoms with E-state index in [1.165, 1.54) is 0 Å². The summed E-state index contributed by atoms with van der Waals surface area (Å²) in [7, 11) is 3.39. The summed E-state index contributed by atoms with van der Waals surface area (Å²) in [5, 5.41) is 16.5. The molecule has 1 saturated heterocycles. The molecule has 2 aromatic heterocycles. The molecule has 1 aliphatic rings. The molecule has 2 atom stereocenters. The van der Waals surface area contributed by atoms with Crippen molar-refractivity contribution in [2.24, 2.45) is 18.9 Å². The lowest BCUT2D eigenvalue weighted by Gasteiger charge is -2.35. The van der Waals surface area contributed by atoms with Crippen LogP contribution in [0.1, 0.15) is 33.6 Å². The fourth-order valence-corrected chi connectivity index (χ4v) is 4.87. The summed E-state index contributed by atoms with van der Waals surface area (Å²) in [5.41, 5.74) is 1.23. The number of halogens is 1. The average molecular weight is 516 g/mol. The molecule has 0 saturated carbocycles. The summed E-state index contributed by atoms with van der Waals surface area (Å²) in [6.07, 6.45) is 2.82. The van der Waals surface area contributed by atoms with E-state index in [-0.39, 0.29) is 17.5 Å². The van der Waals surface area contributed by atoms with E-state index in [1.807, 2.05) is 23.1 Å². The molecule has 36 heavy (non-hydrogen) atoms. The highest BCUT2D eigenvalue weighted by Gasteiger charge is 2.30. The van der Waals surface area contributed by atoms with Crippen molar-refractivity contribution in [3.05, 3.63) is 39.9 Å². The van der Waals surface area contributed by atoms with Crippen molar-refractivity contribution in [1.82, 2.24) is 24.4 Å². The van der Waals surface area contributed by atoms with E-state index in [4.69, 9.17) is 11.6 Å². The van der Waals surface area contributed by atoms with Crippen LogP contribution in [0.5, 0.6) is 0 Å². The van der Waals surface area contributed by atoms with Crippen molar-refractivity contribution in [2.45, 2.75) is 45.8 Å². The molecule has 0 unspecified atom stereocenters. The van der Waals surface area contributed by atoms with Crippen LogP contribution in [-0.2, 0) is 18.4 Å². The molecule has 1 fully saturated rings. The van der Waals surface area contributed by atoms with Gasteiger partial charge in [0.15, 0.2) is 5.82 Å². The third-order valence-corrected chi connectivity index (χ3v) is 6.92. The Bertz CT molecular complexity index is 1330. The van der Waals surface area contributed by atoms with Crippen LogP contribution in [0, 0.1) is 11.8 Å². The Hall–Kier alpha value is -3.11. The number of aryl methyl sites for hydroxylation is 2. The van der Waals surface area contributed by atoms with Crippen molar-refractivity contribution in [2.75, 3.05) is 30.4 Å². The second-order valence-electron chi connectivity index (χ2n) is 10.3. The van der Waals surface area contributed by atoms with Crippen LogP contribution in [-0.4, -0.2) is 55.9 Å². The zero-order valence-corrected chi connectivity index (χ0v) is 22.1. The quantitative estimate of drug-likeness (QED) is 0.443. The maximum atomic E-state index is 12.8. The number of piperidine rings is 1. The lowest BCUT2D eigenvalue weighted by molar-refractivity contribution is -0.125. The lowest BCUT2D eigenvalue weighted by Crippen LogP contribution is -2.46. The Kier molecular flexibility index (Phi) is 7.28. The van der Waals surface area contributed by atoms with Crippen molar-refractivity contribution in [1.29, 1.82) is 0 Å². The number of aliphatic hydroxyl groups is 1. The van der Waals surface area contributed by atoms with Gasteiger partial charge < -0.3 is 20.6 Å². The smallest absolute Gasteiger partial charge is 0.328 e. The number of rotatable bonds is 7. The predicted octanol–water partition coefficient (Wildman–Crippen LogP) is 2.90. The van der Waals surface area contributed by atoms with Gasteiger partial charge in [0.1, 0.15) is 5.02 Å². The molecule has 3 N–H and O–H groups in total. The summed E-state index contributed by atoms with van der Waals surface area (Å²) in [6.45, 7) is 7.24. The van der Waals surface area contributed by atoms with Gasteiger partial charge in [-0.1, -0.05) is 18.5 Å². The number of amides is 1. The molecular weight excluding hydrogens is 482 g/mol. The summed E-state index contributed by atoms with van der Waals surface area (Å²) >= 11 is 6.44. The Labute approximate surface area is 215 Å². The van der Waals surface area contributed by atoms with Gasteiger partial charge in [-0.05, 0) is 50.8 Å². The van der Waals surface area contributed by atoms with Crippen molar-refractivity contribution >= 4 is 46.0 Å². The Morgan fingerprint density at radius 3 is 2.72 bits per heavy atom. The molecule has 4 rings (SSSR count). The van der Waals surface area contributed by atoms with Crippen LogP contribution in [0.3, 0.4) is 0 Å². The van der Waals surface area contributed by atoms with Gasteiger partial charge in [-0.3, -0.25) is 13.9 Å². The first-order valence-corrected chi connectivity index (χ1v) is 12.5. The number of benzene rings is 1. The topological polar surface area (TPSA) is 117 Å². The number of fused-ring (bicyclic) bond motifs is 1. The summed E-state index contributed by atoms with van der Waals surface area (Å²) in [5.74, 6) is 1.15. The van der Waals surface area contributed by atoms with E-state index in [0.29, 0.717) is 47.9 Å². The molecule has 3 heterocycles. The van der Waals surface area contributed by atoms with Crippen LogP contribution in [0.4, 0.5) is 17.5 Å². The molecule has 0 bridgehead atoms. The van der Waals surface area contributed by atoms with Crippen LogP contribution in [0.25, 0.3) is 11.0 Å². The van der Waals surface area contributed by atoms with Crippen LogP contribution in [0.15, 0.2) is 29.2 Å². The second kappa shape index (κ2) is 10.1. The maximum Gasteiger partial charge on any atom is 0.328 e. The molecule has 0 spiro atoms. The van der Waals surface area contributed by atoms with Gasteiger partial charge in [0.25, 0.3) is 0 Å². The average Bonchev–Trinajstić information content (AvgIpc) is 3.06. The number of imidazole rings is 1. The highest BCUT2D eigenvalue weighted by molar-refractivity contribution is 6.32. The van der Waals surface area contributed by atoms with E-state index in [2.05, 4.69) is 27.5 Å². The van der Waals surface area contributed by atoms with E-state index in [1.54, 1.807) is 43.3 Å². The molecule has 11 heteroatoms. The van der Waals surface area contributed by atoms with Gasteiger partial charge in [0.05, 0.1) is 28.7 Å². The molecule has 10 nitrogen and oxygen atoms in total. The first-order chi connectivity index (χ1) is 17.0.